The number of ether oxygens (including phenoxy) is 1. The van der Waals surface area contributed by atoms with Crippen molar-refractivity contribution >= 4 is 17.7 Å². The summed E-state index contributed by atoms with van der Waals surface area (Å²) in [6.07, 6.45) is 0. The van der Waals surface area contributed by atoms with E-state index in [0.717, 1.165) is 0 Å². The molecule has 0 radical (unpaired) electrons. The molecule has 0 aromatic rings. The van der Waals surface area contributed by atoms with Gasteiger partial charge in [-0.25, -0.2) is 4.79 Å². The van der Waals surface area contributed by atoms with E-state index in [1.807, 2.05) is 0 Å². The van der Waals surface area contributed by atoms with E-state index in [1.54, 1.807) is 5.40 Å². The molecule has 0 unspecified atom stereocenters. The largest absolute Gasteiger partial charge is 0.465 e. The number of esters is 1. The van der Waals surface area contributed by atoms with Crippen molar-refractivity contribution < 1.29 is 9.53 Å². The van der Waals surface area contributed by atoms with E-state index in [0.29, 0.717) is 17.5 Å². The lowest BCUT2D eigenvalue weighted by molar-refractivity contribution is -0.135. The molecule has 0 aliphatic heterocycles. The van der Waals surface area contributed by atoms with Gasteiger partial charge in [-0.05, 0) is 18.7 Å². The van der Waals surface area contributed by atoms with E-state index in [2.05, 4.69) is 4.74 Å². The number of carbonyl (C=O) groups excluding carboxylic acids is 1. The number of nitrogens with two attached hydrogens (primary N) is 1. The normalized spacial score (nSPS) is 11.4. The van der Waals surface area contributed by atoms with Crippen LogP contribution in [-0.4, -0.2) is 13.1 Å². The maximum Gasteiger partial charge on any atom is 0.347 e. The molecule has 0 aliphatic carbocycles. The summed E-state index contributed by atoms with van der Waals surface area (Å²) in [4.78, 5) is 11.0. The Morgan fingerprint density at radius 2 is 2.27 bits per heavy atom. The molecule has 0 aromatic heterocycles. The Morgan fingerprint density at radius 1 is 1.73 bits per heavy atom. The molecule has 0 heterocycles. The van der Waals surface area contributed by atoms with Gasteiger partial charge in [0.05, 0.1) is 7.11 Å². The Morgan fingerprint density at radius 3 is 2.55 bits per heavy atom. The first-order valence-corrected chi connectivity index (χ1v) is 3.55. The summed E-state index contributed by atoms with van der Waals surface area (Å²) in [5, 5.41) is 9.99. The van der Waals surface area contributed by atoms with Gasteiger partial charge in [0, 0.05) is 5.70 Å². The van der Waals surface area contributed by atoms with Crippen LogP contribution >= 0.6 is 11.8 Å². The molecule has 11 heavy (non-hydrogen) atoms. The van der Waals surface area contributed by atoms with Crippen LogP contribution in [0.4, 0.5) is 0 Å². The maximum absolute atomic E-state index is 10.8. The number of hydrogen-bond acceptors (Lipinski definition) is 5. The average molecular weight is 172 g/mol. The number of rotatable bonds is 2. The van der Waals surface area contributed by atoms with Gasteiger partial charge in [-0.1, -0.05) is 0 Å². The molecule has 60 valence electrons. The van der Waals surface area contributed by atoms with Gasteiger partial charge >= 0.3 is 5.97 Å². The number of carbonyl (C=O) groups is 1. The Labute approximate surface area is 69.0 Å². The lowest BCUT2D eigenvalue weighted by Crippen LogP contribution is -2.07. The first kappa shape index (κ1) is 9.85. The second kappa shape index (κ2) is 4.63. The van der Waals surface area contributed by atoms with Gasteiger partial charge in [-0.3, -0.25) is 0 Å². The van der Waals surface area contributed by atoms with Gasteiger partial charge in [0.25, 0.3) is 0 Å². The van der Waals surface area contributed by atoms with Gasteiger partial charge in [-0.2, -0.15) is 5.26 Å². The summed E-state index contributed by atoms with van der Waals surface area (Å²) in [6, 6.07) is 0. The number of nitrogens with zero attached hydrogens (tertiary/aromatic N) is 1. The molecule has 0 amide bonds. The second-order valence-electron chi connectivity index (χ2n) is 1.70. The van der Waals surface area contributed by atoms with Crippen LogP contribution in [0.25, 0.3) is 0 Å². The molecular weight excluding hydrogens is 164 g/mol. The first-order valence-electron chi connectivity index (χ1n) is 2.74. The number of methoxy groups -OCH3 is 1. The Hall–Kier alpha value is -1.15. The highest BCUT2D eigenvalue weighted by atomic mass is 32.2. The average Bonchev–Trinajstić information content (AvgIpc) is 1.98. The number of hydrogen-bond donors (Lipinski definition) is 1. The van der Waals surface area contributed by atoms with E-state index in [4.69, 9.17) is 11.0 Å². The quantitative estimate of drug-likeness (QED) is 0.374. The lowest BCUT2D eigenvalue weighted by atomic mass is 10.4. The third kappa shape index (κ3) is 2.96. The minimum Gasteiger partial charge on any atom is -0.465 e. The van der Waals surface area contributed by atoms with Crippen LogP contribution in [0.5, 0.6) is 0 Å². The number of thioether (sulfide) groups is 1. The highest BCUT2D eigenvalue weighted by Gasteiger charge is 2.11. The Bertz CT molecular complexity index is 225. The highest BCUT2D eigenvalue weighted by molar-refractivity contribution is 8.08. The molecule has 4 nitrogen and oxygen atoms in total. The van der Waals surface area contributed by atoms with E-state index < -0.39 is 5.97 Å². The zero-order valence-electron chi connectivity index (χ0n) is 6.25. The van der Waals surface area contributed by atoms with Crippen molar-refractivity contribution in [3.05, 3.63) is 10.6 Å². The van der Waals surface area contributed by atoms with Crippen molar-refractivity contribution in [3.63, 3.8) is 0 Å². The predicted octanol–water partition coefficient (Wildman–Crippen LogP) is 0.564. The minimum absolute atomic E-state index is 0.148. The zero-order chi connectivity index (χ0) is 8.85. The maximum atomic E-state index is 10.8. The summed E-state index contributed by atoms with van der Waals surface area (Å²) >= 11 is 0.703. The molecule has 0 aliphatic rings. The summed E-state index contributed by atoms with van der Waals surface area (Å²) in [6.45, 7) is 1.54. The van der Waals surface area contributed by atoms with E-state index >= 15 is 0 Å². The molecule has 0 bridgehead atoms. The SMILES string of the molecule is COC(=O)C(SC#N)=C(C)N. The third-order valence-electron chi connectivity index (χ3n) is 0.877. The van der Waals surface area contributed by atoms with E-state index in [9.17, 15) is 4.79 Å². The van der Waals surface area contributed by atoms with Crippen molar-refractivity contribution in [2.24, 2.45) is 5.73 Å². The van der Waals surface area contributed by atoms with Crippen LogP contribution < -0.4 is 5.73 Å². The number of nitriles is 1. The summed E-state index contributed by atoms with van der Waals surface area (Å²) < 4.78 is 4.38. The molecule has 2 N–H and O–H groups in total. The summed E-state index contributed by atoms with van der Waals surface area (Å²) in [7, 11) is 1.24. The van der Waals surface area contributed by atoms with Crippen LogP contribution in [0.15, 0.2) is 10.6 Å². The van der Waals surface area contributed by atoms with Crippen LogP contribution in [0.3, 0.4) is 0 Å². The molecule has 0 fully saturated rings. The second-order valence-corrected chi connectivity index (χ2v) is 2.49. The standard InChI is InChI=1S/C6H8N2O2S/c1-4(8)5(11-3-7)6(9)10-2/h8H2,1-2H3. The summed E-state index contributed by atoms with van der Waals surface area (Å²) in [5.74, 6) is -0.573. The van der Waals surface area contributed by atoms with Crippen molar-refractivity contribution in [2.45, 2.75) is 6.92 Å². The molecular formula is C6H8N2O2S. The fourth-order valence-electron chi connectivity index (χ4n) is 0.421. The Kier molecular flexibility index (Phi) is 4.15. The van der Waals surface area contributed by atoms with E-state index in [1.165, 1.54) is 14.0 Å². The molecule has 0 aromatic carbocycles. The Balaban J connectivity index is 4.52. The van der Waals surface area contributed by atoms with Crippen LogP contribution in [0.2, 0.25) is 0 Å². The lowest BCUT2D eigenvalue weighted by Gasteiger charge is -2.00. The molecule has 0 saturated carbocycles. The highest BCUT2D eigenvalue weighted by Crippen LogP contribution is 2.16. The number of thiocyanates is 1. The van der Waals surface area contributed by atoms with Crippen LogP contribution in [0, 0.1) is 10.7 Å². The van der Waals surface area contributed by atoms with Crippen LogP contribution in [-0.2, 0) is 9.53 Å². The zero-order valence-corrected chi connectivity index (χ0v) is 7.07. The van der Waals surface area contributed by atoms with Crippen molar-refractivity contribution in [2.75, 3.05) is 7.11 Å². The fourth-order valence-corrected chi connectivity index (χ4v) is 0.840. The van der Waals surface area contributed by atoms with Gasteiger partial charge < -0.3 is 10.5 Å². The van der Waals surface area contributed by atoms with Gasteiger partial charge in [-0.15, -0.1) is 0 Å². The molecule has 5 heteroatoms. The third-order valence-corrected chi connectivity index (χ3v) is 1.66. The molecule has 0 saturated heterocycles. The van der Waals surface area contributed by atoms with E-state index in [-0.39, 0.29) is 4.91 Å². The van der Waals surface area contributed by atoms with Gasteiger partial charge in [0.1, 0.15) is 10.3 Å². The van der Waals surface area contributed by atoms with Gasteiger partial charge in [0.15, 0.2) is 0 Å². The summed E-state index contributed by atoms with van der Waals surface area (Å²) in [5.41, 5.74) is 5.60. The molecule has 0 rings (SSSR count). The first-order chi connectivity index (χ1) is 5.13. The monoisotopic (exact) mass is 172 g/mol. The van der Waals surface area contributed by atoms with Gasteiger partial charge in [0.2, 0.25) is 0 Å². The predicted molar refractivity (Wildman–Crippen MR) is 42.1 cm³/mol. The molecule has 0 spiro atoms. The van der Waals surface area contributed by atoms with Crippen LogP contribution in [0.1, 0.15) is 6.92 Å². The minimum atomic E-state index is -0.573. The van der Waals surface area contributed by atoms with Crippen molar-refractivity contribution in [3.8, 4) is 5.40 Å². The topological polar surface area (TPSA) is 76.1 Å². The molecule has 0 atom stereocenters. The fraction of sp³-hybridized carbons (Fsp3) is 0.333. The number of allylic oxidation sites excluding steroid dienone is 1. The van der Waals surface area contributed by atoms with Crippen molar-refractivity contribution in [1.29, 1.82) is 5.26 Å². The van der Waals surface area contributed by atoms with Crippen molar-refractivity contribution in [1.82, 2.24) is 0 Å². The smallest absolute Gasteiger partial charge is 0.347 e.